The van der Waals surface area contributed by atoms with E-state index in [1.54, 1.807) is 12.4 Å². The number of nitrogens with zero attached hydrogens (tertiary/aromatic N) is 3. The number of aromatic nitrogens is 4. The van der Waals surface area contributed by atoms with Crippen molar-refractivity contribution in [2.75, 3.05) is 25.1 Å². The molecular weight excluding hydrogens is 330 g/mol. The van der Waals surface area contributed by atoms with Gasteiger partial charge in [-0.2, -0.15) is 5.10 Å². The van der Waals surface area contributed by atoms with Crippen LogP contribution in [0.2, 0.25) is 0 Å². The standard InChI is InChI=1S/C19H19N5O2/c1-2-25-10-11-26-19-15-6-5-14(12-13(15)7-9-21-19)22-18-16-4-3-8-20-17(16)23-24-18/h3-9,12H,2,10-11H2,1H3,(H2,20,22,23,24). The van der Waals surface area contributed by atoms with Crippen LogP contribution < -0.4 is 10.1 Å². The minimum atomic E-state index is 0.479. The van der Waals surface area contributed by atoms with Gasteiger partial charge in [0.15, 0.2) is 5.65 Å². The number of fused-ring (bicyclic) bond motifs is 2. The molecule has 4 rings (SSSR count). The molecule has 132 valence electrons. The fraction of sp³-hybridized carbons (Fsp3) is 0.211. The second-order valence-corrected chi connectivity index (χ2v) is 5.70. The summed E-state index contributed by atoms with van der Waals surface area (Å²) >= 11 is 0. The molecule has 0 fully saturated rings. The first kappa shape index (κ1) is 16.3. The Kier molecular flexibility index (Phi) is 4.61. The number of H-pyrrole nitrogens is 1. The Morgan fingerprint density at radius 2 is 2.00 bits per heavy atom. The van der Waals surface area contributed by atoms with Crippen molar-refractivity contribution in [2.45, 2.75) is 6.92 Å². The molecule has 0 spiro atoms. The zero-order chi connectivity index (χ0) is 17.8. The lowest BCUT2D eigenvalue weighted by Crippen LogP contribution is -2.07. The van der Waals surface area contributed by atoms with E-state index >= 15 is 0 Å². The summed E-state index contributed by atoms with van der Waals surface area (Å²) in [4.78, 5) is 8.56. The van der Waals surface area contributed by atoms with E-state index in [4.69, 9.17) is 9.47 Å². The molecule has 3 heterocycles. The molecule has 0 bridgehead atoms. The van der Waals surface area contributed by atoms with Crippen LogP contribution in [0.5, 0.6) is 5.88 Å². The van der Waals surface area contributed by atoms with Gasteiger partial charge in [-0.15, -0.1) is 0 Å². The molecule has 0 saturated heterocycles. The molecule has 26 heavy (non-hydrogen) atoms. The number of benzene rings is 1. The predicted octanol–water partition coefficient (Wildman–Crippen LogP) is 3.67. The van der Waals surface area contributed by atoms with Gasteiger partial charge >= 0.3 is 0 Å². The zero-order valence-electron chi connectivity index (χ0n) is 14.4. The van der Waals surface area contributed by atoms with E-state index in [-0.39, 0.29) is 0 Å². The second kappa shape index (κ2) is 7.37. The van der Waals surface area contributed by atoms with Crippen LogP contribution >= 0.6 is 0 Å². The molecule has 0 atom stereocenters. The van der Waals surface area contributed by atoms with Crippen molar-refractivity contribution >= 4 is 33.3 Å². The van der Waals surface area contributed by atoms with Crippen molar-refractivity contribution < 1.29 is 9.47 Å². The summed E-state index contributed by atoms with van der Waals surface area (Å²) in [6.45, 7) is 3.67. The normalized spacial score (nSPS) is 11.1. The van der Waals surface area contributed by atoms with Crippen molar-refractivity contribution in [2.24, 2.45) is 0 Å². The quantitative estimate of drug-likeness (QED) is 0.495. The van der Waals surface area contributed by atoms with Gasteiger partial charge in [0, 0.05) is 30.1 Å². The summed E-state index contributed by atoms with van der Waals surface area (Å²) in [5.74, 6) is 1.43. The highest BCUT2D eigenvalue weighted by molar-refractivity contribution is 5.92. The highest BCUT2D eigenvalue weighted by Crippen LogP contribution is 2.28. The van der Waals surface area contributed by atoms with E-state index in [1.165, 1.54) is 0 Å². The summed E-state index contributed by atoms with van der Waals surface area (Å²) in [6.07, 6.45) is 3.47. The van der Waals surface area contributed by atoms with E-state index in [0.29, 0.717) is 31.3 Å². The Morgan fingerprint density at radius 1 is 1.04 bits per heavy atom. The summed E-state index contributed by atoms with van der Waals surface area (Å²) in [5.41, 5.74) is 1.63. The SMILES string of the molecule is CCOCCOc1nccc2cc(Nc3[nH]nc4ncccc34)ccc12. The molecule has 0 saturated carbocycles. The zero-order valence-corrected chi connectivity index (χ0v) is 14.4. The molecule has 7 nitrogen and oxygen atoms in total. The van der Waals surface area contributed by atoms with E-state index in [9.17, 15) is 0 Å². The largest absolute Gasteiger partial charge is 0.475 e. The van der Waals surface area contributed by atoms with Crippen molar-refractivity contribution in [1.82, 2.24) is 20.2 Å². The summed E-state index contributed by atoms with van der Waals surface area (Å²) in [7, 11) is 0. The van der Waals surface area contributed by atoms with Crippen LogP contribution in [0.3, 0.4) is 0 Å². The third-order valence-corrected chi connectivity index (χ3v) is 4.00. The third-order valence-electron chi connectivity index (χ3n) is 4.00. The Hall–Kier alpha value is -3.19. The minimum absolute atomic E-state index is 0.479. The van der Waals surface area contributed by atoms with E-state index in [2.05, 4.69) is 31.5 Å². The second-order valence-electron chi connectivity index (χ2n) is 5.70. The molecule has 7 heteroatoms. The molecule has 4 aromatic rings. The fourth-order valence-electron chi connectivity index (χ4n) is 2.77. The number of hydrogen-bond acceptors (Lipinski definition) is 6. The highest BCUT2D eigenvalue weighted by atomic mass is 16.5. The van der Waals surface area contributed by atoms with Gasteiger partial charge in [-0.1, -0.05) is 0 Å². The maximum atomic E-state index is 5.74. The van der Waals surface area contributed by atoms with Crippen LogP contribution in [0, 0.1) is 0 Å². The predicted molar refractivity (Wildman–Crippen MR) is 101 cm³/mol. The number of rotatable bonds is 7. The summed E-state index contributed by atoms with van der Waals surface area (Å²) in [6, 6.07) is 11.9. The molecule has 0 unspecified atom stereocenters. The van der Waals surface area contributed by atoms with Crippen LogP contribution in [0.25, 0.3) is 21.8 Å². The molecule has 0 amide bonds. The van der Waals surface area contributed by atoms with Gasteiger partial charge in [-0.25, -0.2) is 9.97 Å². The topological polar surface area (TPSA) is 85.0 Å². The average Bonchev–Trinajstić information content (AvgIpc) is 3.08. The van der Waals surface area contributed by atoms with Crippen LogP contribution in [0.4, 0.5) is 11.5 Å². The number of aromatic amines is 1. The highest BCUT2D eigenvalue weighted by Gasteiger charge is 2.08. The Labute approximate surface area is 150 Å². The van der Waals surface area contributed by atoms with Gasteiger partial charge in [0.2, 0.25) is 5.88 Å². The maximum absolute atomic E-state index is 5.74. The molecule has 0 aliphatic carbocycles. The number of ether oxygens (including phenoxy) is 2. The van der Waals surface area contributed by atoms with Crippen molar-refractivity contribution in [1.29, 1.82) is 0 Å². The van der Waals surface area contributed by atoms with Crippen LogP contribution in [0.1, 0.15) is 6.92 Å². The molecule has 0 aliphatic rings. The van der Waals surface area contributed by atoms with Gasteiger partial charge in [0.25, 0.3) is 0 Å². The Balaban J connectivity index is 1.58. The lowest BCUT2D eigenvalue weighted by Gasteiger charge is -2.10. The third kappa shape index (κ3) is 3.29. The van der Waals surface area contributed by atoms with Gasteiger partial charge in [-0.3, -0.25) is 5.10 Å². The monoisotopic (exact) mass is 349 g/mol. The first-order valence-electron chi connectivity index (χ1n) is 8.50. The lowest BCUT2D eigenvalue weighted by atomic mass is 10.1. The number of anilines is 2. The van der Waals surface area contributed by atoms with Crippen molar-refractivity contribution in [3.63, 3.8) is 0 Å². The smallest absolute Gasteiger partial charge is 0.221 e. The molecule has 0 aliphatic heterocycles. The first-order valence-corrected chi connectivity index (χ1v) is 8.50. The van der Waals surface area contributed by atoms with E-state index < -0.39 is 0 Å². The van der Waals surface area contributed by atoms with Crippen LogP contribution in [-0.4, -0.2) is 40.0 Å². The summed E-state index contributed by atoms with van der Waals surface area (Å²) in [5, 5.41) is 13.5. The Morgan fingerprint density at radius 3 is 2.92 bits per heavy atom. The first-order chi connectivity index (χ1) is 12.8. The summed E-state index contributed by atoms with van der Waals surface area (Å²) < 4.78 is 11.0. The number of nitrogens with one attached hydrogen (secondary N) is 2. The van der Waals surface area contributed by atoms with Crippen LogP contribution in [-0.2, 0) is 4.74 Å². The van der Waals surface area contributed by atoms with Gasteiger partial charge in [0.1, 0.15) is 12.4 Å². The molecule has 0 radical (unpaired) electrons. The number of pyridine rings is 2. The van der Waals surface area contributed by atoms with Crippen molar-refractivity contribution in [3.8, 4) is 5.88 Å². The lowest BCUT2D eigenvalue weighted by molar-refractivity contribution is 0.109. The van der Waals surface area contributed by atoms with Gasteiger partial charge < -0.3 is 14.8 Å². The average molecular weight is 349 g/mol. The van der Waals surface area contributed by atoms with Crippen molar-refractivity contribution in [3.05, 3.63) is 48.8 Å². The van der Waals surface area contributed by atoms with Gasteiger partial charge in [0.05, 0.1) is 12.0 Å². The molecule has 1 aromatic carbocycles. The fourth-order valence-corrected chi connectivity index (χ4v) is 2.77. The van der Waals surface area contributed by atoms with E-state index in [1.807, 2.05) is 37.3 Å². The van der Waals surface area contributed by atoms with E-state index in [0.717, 1.165) is 27.7 Å². The molecular formula is C19H19N5O2. The maximum Gasteiger partial charge on any atom is 0.221 e. The minimum Gasteiger partial charge on any atom is -0.475 e. The van der Waals surface area contributed by atoms with Gasteiger partial charge in [-0.05, 0) is 48.7 Å². The Bertz CT molecular complexity index is 1030. The number of hydrogen-bond donors (Lipinski definition) is 2. The molecule has 3 aromatic heterocycles. The van der Waals surface area contributed by atoms with Crippen LogP contribution in [0.15, 0.2) is 48.8 Å². The molecule has 2 N–H and O–H groups in total.